The first-order valence-electron chi connectivity index (χ1n) is 5.57. The minimum atomic E-state index is 0.427. The standard InChI is InChI=1S/C12H16ClN3S/c1-8-4-5-10-12(14-8)16(7-9(2)17-3)11(6-13)15-10/h4-5,9H,6-7H2,1-3H3. The molecule has 0 aliphatic heterocycles. The van der Waals surface area contributed by atoms with E-state index in [1.54, 1.807) is 0 Å². The lowest BCUT2D eigenvalue weighted by Crippen LogP contribution is -2.12. The van der Waals surface area contributed by atoms with Crippen LogP contribution in [0.3, 0.4) is 0 Å². The van der Waals surface area contributed by atoms with Crippen molar-refractivity contribution in [1.82, 2.24) is 14.5 Å². The van der Waals surface area contributed by atoms with Gasteiger partial charge in [-0.25, -0.2) is 9.97 Å². The van der Waals surface area contributed by atoms with Crippen molar-refractivity contribution in [2.24, 2.45) is 0 Å². The Morgan fingerprint density at radius 1 is 1.41 bits per heavy atom. The summed E-state index contributed by atoms with van der Waals surface area (Å²) in [5, 5.41) is 0.525. The lowest BCUT2D eigenvalue weighted by atomic mass is 10.3. The number of nitrogens with zero attached hydrogens (tertiary/aromatic N) is 3. The third-order valence-electron chi connectivity index (χ3n) is 2.77. The van der Waals surface area contributed by atoms with E-state index >= 15 is 0 Å². The smallest absolute Gasteiger partial charge is 0.160 e. The van der Waals surface area contributed by atoms with Crippen LogP contribution in [-0.2, 0) is 12.4 Å². The number of fused-ring (bicyclic) bond motifs is 1. The lowest BCUT2D eigenvalue weighted by molar-refractivity contribution is 0.678. The Hall–Kier alpha value is -0.740. The number of alkyl halides is 1. The molecule has 1 atom stereocenters. The summed E-state index contributed by atoms with van der Waals surface area (Å²) in [7, 11) is 0. The molecule has 92 valence electrons. The molecule has 0 aliphatic carbocycles. The van der Waals surface area contributed by atoms with Crippen molar-refractivity contribution in [2.75, 3.05) is 6.26 Å². The molecule has 2 aromatic heterocycles. The fourth-order valence-electron chi connectivity index (χ4n) is 1.77. The number of aromatic nitrogens is 3. The average Bonchev–Trinajstić information content (AvgIpc) is 2.67. The highest BCUT2D eigenvalue weighted by atomic mass is 35.5. The predicted molar refractivity (Wildman–Crippen MR) is 74.8 cm³/mol. The van der Waals surface area contributed by atoms with Gasteiger partial charge in [-0.2, -0.15) is 11.8 Å². The van der Waals surface area contributed by atoms with Crippen molar-refractivity contribution in [1.29, 1.82) is 0 Å². The second-order valence-corrected chi connectivity index (χ2v) is 5.66. The van der Waals surface area contributed by atoms with Gasteiger partial charge in [-0.05, 0) is 25.3 Å². The van der Waals surface area contributed by atoms with E-state index in [4.69, 9.17) is 11.6 Å². The van der Waals surface area contributed by atoms with Crippen molar-refractivity contribution in [3.8, 4) is 0 Å². The number of aryl methyl sites for hydroxylation is 1. The fourth-order valence-corrected chi connectivity index (χ4v) is 2.27. The molecule has 2 aromatic rings. The minimum Gasteiger partial charge on any atom is -0.311 e. The highest BCUT2D eigenvalue weighted by Crippen LogP contribution is 2.19. The van der Waals surface area contributed by atoms with Crippen LogP contribution in [0.1, 0.15) is 18.4 Å². The third-order valence-corrected chi connectivity index (χ3v) is 3.96. The largest absolute Gasteiger partial charge is 0.311 e. The zero-order chi connectivity index (χ0) is 12.4. The summed E-state index contributed by atoms with van der Waals surface area (Å²) < 4.78 is 2.14. The van der Waals surface area contributed by atoms with E-state index in [1.807, 2.05) is 30.8 Å². The first-order chi connectivity index (χ1) is 8.15. The summed E-state index contributed by atoms with van der Waals surface area (Å²) >= 11 is 7.79. The van der Waals surface area contributed by atoms with Crippen LogP contribution in [0.2, 0.25) is 0 Å². The van der Waals surface area contributed by atoms with Gasteiger partial charge in [0.25, 0.3) is 0 Å². The molecule has 2 rings (SSSR count). The quantitative estimate of drug-likeness (QED) is 0.799. The second kappa shape index (κ2) is 5.27. The Bertz CT molecular complexity index is 524. The van der Waals surface area contributed by atoms with Crippen molar-refractivity contribution < 1.29 is 0 Å². The maximum atomic E-state index is 5.95. The zero-order valence-electron chi connectivity index (χ0n) is 10.3. The van der Waals surface area contributed by atoms with Gasteiger partial charge in [0.2, 0.25) is 0 Å². The highest BCUT2D eigenvalue weighted by molar-refractivity contribution is 7.99. The molecule has 0 amide bonds. The van der Waals surface area contributed by atoms with Gasteiger partial charge in [-0.1, -0.05) is 6.92 Å². The number of pyridine rings is 1. The summed E-state index contributed by atoms with van der Waals surface area (Å²) in [5.41, 5.74) is 2.89. The van der Waals surface area contributed by atoms with Gasteiger partial charge in [0.05, 0.1) is 5.88 Å². The van der Waals surface area contributed by atoms with Crippen LogP contribution in [0, 0.1) is 6.92 Å². The Kier molecular flexibility index (Phi) is 3.94. The molecule has 17 heavy (non-hydrogen) atoms. The Balaban J connectivity index is 2.52. The molecule has 0 aliphatic rings. The number of rotatable bonds is 4. The molecule has 0 spiro atoms. The van der Waals surface area contributed by atoms with Crippen LogP contribution in [0.15, 0.2) is 12.1 Å². The van der Waals surface area contributed by atoms with Gasteiger partial charge >= 0.3 is 0 Å². The zero-order valence-corrected chi connectivity index (χ0v) is 11.8. The topological polar surface area (TPSA) is 30.7 Å². The molecule has 0 aromatic carbocycles. The molecule has 0 N–H and O–H groups in total. The average molecular weight is 270 g/mol. The molecule has 0 radical (unpaired) electrons. The third kappa shape index (κ3) is 2.58. The molecular formula is C12H16ClN3S. The number of hydrogen-bond donors (Lipinski definition) is 0. The second-order valence-electron chi connectivity index (χ2n) is 4.11. The van der Waals surface area contributed by atoms with Crippen LogP contribution in [0.25, 0.3) is 11.2 Å². The van der Waals surface area contributed by atoms with E-state index in [0.717, 1.165) is 29.2 Å². The highest BCUT2D eigenvalue weighted by Gasteiger charge is 2.13. The number of thioether (sulfide) groups is 1. The Morgan fingerprint density at radius 2 is 2.18 bits per heavy atom. The number of imidazole rings is 1. The molecule has 0 saturated heterocycles. The van der Waals surface area contributed by atoms with Gasteiger partial charge in [-0.3, -0.25) is 0 Å². The first kappa shape index (κ1) is 12.7. The van der Waals surface area contributed by atoms with Crippen molar-refractivity contribution >= 4 is 34.5 Å². The first-order valence-corrected chi connectivity index (χ1v) is 7.39. The van der Waals surface area contributed by atoms with Crippen molar-refractivity contribution in [3.63, 3.8) is 0 Å². The SMILES string of the molecule is CSC(C)Cn1c(CCl)nc2ccc(C)nc21. The molecule has 2 heterocycles. The van der Waals surface area contributed by atoms with E-state index < -0.39 is 0 Å². The van der Waals surface area contributed by atoms with E-state index in [-0.39, 0.29) is 0 Å². The molecule has 0 fully saturated rings. The van der Waals surface area contributed by atoms with E-state index in [9.17, 15) is 0 Å². The van der Waals surface area contributed by atoms with E-state index in [0.29, 0.717) is 11.1 Å². The van der Waals surface area contributed by atoms with E-state index in [2.05, 4.69) is 27.7 Å². The van der Waals surface area contributed by atoms with Crippen LogP contribution in [0.5, 0.6) is 0 Å². The molecule has 5 heteroatoms. The molecule has 0 saturated carbocycles. The Morgan fingerprint density at radius 3 is 2.82 bits per heavy atom. The molecule has 3 nitrogen and oxygen atoms in total. The van der Waals surface area contributed by atoms with Crippen molar-refractivity contribution in [3.05, 3.63) is 23.7 Å². The molecule has 0 bridgehead atoms. The van der Waals surface area contributed by atoms with Crippen LogP contribution < -0.4 is 0 Å². The summed E-state index contributed by atoms with van der Waals surface area (Å²) in [6.45, 7) is 5.09. The maximum absolute atomic E-state index is 5.95. The van der Waals surface area contributed by atoms with Gasteiger partial charge < -0.3 is 4.57 Å². The number of hydrogen-bond acceptors (Lipinski definition) is 3. The number of halogens is 1. The summed E-state index contributed by atoms with van der Waals surface area (Å²) in [6, 6.07) is 3.99. The predicted octanol–water partition coefficient (Wildman–Crippen LogP) is 3.23. The van der Waals surface area contributed by atoms with Gasteiger partial charge in [0.15, 0.2) is 5.65 Å². The van der Waals surface area contributed by atoms with Crippen LogP contribution in [-0.4, -0.2) is 26.0 Å². The van der Waals surface area contributed by atoms with Crippen LogP contribution >= 0.6 is 23.4 Å². The summed E-state index contributed by atoms with van der Waals surface area (Å²) in [4.78, 5) is 9.08. The minimum absolute atomic E-state index is 0.427. The summed E-state index contributed by atoms with van der Waals surface area (Å²) in [5.74, 6) is 1.33. The Labute approximate surface area is 111 Å². The molecule has 1 unspecified atom stereocenters. The normalized spacial score (nSPS) is 13.2. The van der Waals surface area contributed by atoms with Gasteiger partial charge in [-0.15, -0.1) is 11.6 Å². The lowest BCUT2D eigenvalue weighted by Gasteiger charge is -2.11. The summed E-state index contributed by atoms with van der Waals surface area (Å²) in [6.07, 6.45) is 2.11. The van der Waals surface area contributed by atoms with Crippen LogP contribution in [0.4, 0.5) is 0 Å². The van der Waals surface area contributed by atoms with E-state index in [1.165, 1.54) is 0 Å². The fraction of sp³-hybridized carbons (Fsp3) is 0.500. The maximum Gasteiger partial charge on any atom is 0.160 e. The molecular weight excluding hydrogens is 254 g/mol. The van der Waals surface area contributed by atoms with Gasteiger partial charge in [0, 0.05) is 17.5 Å². The monoisotopic (exact) mass is 269 g/mol. The van der Waals surface area contributed by atoms with Crippen molar-refractivity contribution in [2.45, 2.75) is 31.5 Å². The van der Waals surface area contributed by atoms with Gasteiger partial charge in [0.1, 0.15) is 11.3 Å².